The summed E-state index contributed by atoms with van der Waals surface area (Å²) < 4.78 is 0. The molecule has 6 heteroatoms. The molecule has 0 saturated carbocycles. The van der Waals surface area contributed by atoms with Crippen LogP contribution in [-0.4, -0.2) is 55.0 Å². The number of urea groups is 1. The fourth-order valence-corrected chi connectivity index (χ4v) is 3.85. The Morgan fingerprint density at radius 1 is 0.844 bits per heavy atom. The van der Waals surface area contributed by atoms with Crippen LogP contribution in [0.1, 0.15) is 15.9 Å². The predicted octanol–water partition coefficient (Wildman–Crippen LogP) is 4.31. The number of rotatable bonds is 5. The Labute approximate surface area is 189 Å². The van der Waals surface area contributed by atoms with E-state index in [9.17, 15) is 9.59 Å². The average molecular weight is 429 g/mol. The summed E-state index contributed by atoms with van der Waals surface area (Å²) in [5, 5.41) is 2.95. The van der Waals surface area contributed by atoms with Gasteiger partial charge in [-0.3, -0.25) is 9.69 Å². The van der Waals surface area contributed by atoms with Crippen LogP contribution >= 0.6 is 0 Å². The molecule has 3 aromatic rings. The molecule has 0 bridgehead atoms. The molecule has 1 fully saturated rings. The van der Waals surface area contributed by atoms with Crippen LogP contribution in [0.4, 0.5) is 16.2 Å². The first kappa shape index (κ1) is 21.6. The van der Waals surface area contributed by atoms with Gasteiger partial charge in [0.2, 0.25) is 0 Å². The molecule has 3 amide bonds. The zero-order chi connectivity index (χ0) is 22.3. The van der Waals surface area contributed by atoms with E-state index >= 15 is 0 Å². The normalized spacial score (nSPS) is 14.1. The minimum absolute atomic E-state index is 0.123. The Balaban J connectivity index is 1.32. The van der Waals surface area contributed by atoms with Gasteiger partial charge >= 0.3 is 6.03 Å². The van der Waals surface area contributed by atoms with Crippen molar-refractivity contribution in [2.75, 3.05) is 43.4 Å². The summed E-state index contributed by atoms with van der Waals surface area (Å²) in [6.07, 6.45) is 0. The van der Waals surface area contributed by atoms with Gasteiger partial charge in [-0.05, 0) is 35.9 Å². The maximum Gasteiger partial charge on any atom is 0.321 e. The summed E-state index contributed by atoms with van der Waals surface area (Å²) in [6.45, 7) is 3.92. The lowest BCUT2D eigenvalue weighted by atomic mass is 10.1. The monoisotopic (exact) mass is 428 g/mol. The molecule has 1 heterocycles. The molecule has 1 aliphatic rings. The van der Waals surface area contributed by atoms with E-state index in [4.69, 9.17) is 0 Å². The van der Waals surface area contributed by atoms with E-state index in [2.05, 4.69) is 34.5 Å². The predicted molar refractivity (Wildman–Crippen MR) is 128 cm³/mol. The molecule has 3 aromatic carbocycles. The van der Waals surface area contributed by atoms with Gasteiger partial charge in [0, 0.05) is 56.7 Å². The van der Waals surface area contributed by atoms with Crippen molar-refractivity contribution in [2.45, 2.75) is 6.54 Å². The van der Waals surface area contributed by atoms with Crippen LogP contribution in [0, 0.1) is 0 Å². The third-order valence-electron chi connectivity index (χ3n) is 5.72. The maximum absolute atomic E-state index is 12.9. The van der Waals surface area contributed by atoms with Crippen LogP contribution < -0.4 is 10.2 Å². The van der Waals surface area contributed by atoms with Crippen LogP contribution in [0.3, 0.4) is 0 Å². The first-order valence-electron chi connectivity index (χ1n) is 10.9. The number of piperazine rings is 1. The van der Waals surface area contributed by atoms with Crippen molar-refractivity contribution >= 4 is 23.3 Å². The molecule has 1 aliphatic heterocycles. The number of carbonyl (C=O) groups is 2. The molecule has 0 unspecified atom stereocenters. The highest BCUT2D eigenvalue weighted by Gasteiger charge is 2.21. The Morgan fingerprint density at radius 3 is 2.19 bits per heavy atom. The van der Waals surface area contributed by atoms with E-state index in [0.717, 1.165) is 25.3 Å². The van der Waals surface area contributed by atoms with Gasteiger partial charge in [0.25, 0.3) is 5.91 Å². The van der Waals surface area contributed by atoms with Crippen molar-refractivity contribution in [1.29, 1.82) is 0 Å². The number of benzene rings is 3. The largest absolute Gasteiger partial charge is 0.322 e. The maximum atomic E-state index is 12.9. The molecular weight excluding hydrogens is 400 g/mol. The second-order valence-electron chi connectivity index (χ2n) is 7.96. The number of hydrogen-bond donors (Lipinski definition) is 1. The summed E-state index contributed by atoms with van der Waals surface area (Å²) in [5.41, 5.74) is 3.25. The fourth-order valence-electron chi connectivity index (χ4n) is 3.85. The number of anilines is 2. The van der Waals surface area contributed by atoms with E-state index in [1.54, 1.807) is 30.1 Å². The van der Waals surface area contributed by atoms with E-state index in [0.29, 0.717) is 24.3 Å². The summed E-state index contributed by atoms with van der Waals surface area (Å²) in [7, 11) is 1.75. The number of hydrogen-bond acceptors (Lipinski definition) is 3. The zero-order valence-electron chi connectivity index (χ0n) is 18.3. The number of nitrogens with one attached hydrogen (secondary N) is 1. The van der Waals surface area contributed by atoms with Gasteiger partial charge in [-0.25, -0.2) is 4.79 Å². The van der Waals surface area contributed by atoms with Crippen molar-refractivity contribution in [3.8, 4) is 0 Å². The summed E-state index contributed by atoms with van der Waals surface area (Å²) in [5.74, 6) is -0.123. The van der Waals surface area contributed by atoms with E-state index in [1.807, 2.05) is 47.4 Å². The third-order valence-corrected chi connectivity index (χ3v) is 5.72. The Morgan fingerprint density at radius 2 is 1.50 bits per heavy atom. The van der Waals surface area contributed by atoms with Crippen molar-refractivity contribution in [3.05, 3.63) is 96.1 Å². The number of amides is 3. The molecule has 0 aliphatic carbocycles. The molecule has 0 atom stereocenters. The first-order chi connectivity index (χ1) is 15.6. The van der Waals surface area contributed by atoms with Crippen molar-refractivity contribution in [2.24, 2.45) is 0 Å². The molecule has 6 nitrogen and oxygen atoms in total. The Hall–Kier alpha value is -3.64. The molecular formula is C26H28N4O2. The minimum Gasteiger partial charge on any atom is -0.322 e. The van der Waals surface area contributed by atoms with Crippen LogP contribution in [0.25, 0.3) is 0 Å². The highest BCUT2D eigenvalue weighted by atomic mass is 16.2. The van der Waals surface area contributed by atoms with Crippen molar-refractivity contribution in [3.63, 3.8) is 0 Å². The second-order valence-corrected chi connectivity index (χ2v) is 7.96. The van der Waals surface area contributed by atoms with Gasteiger partial charge in [0.15, 0.2) is 0 Å². The zero-order valence-corrected chi connectivity index (χ0v) is 18.3. The molecule has 0 spiro atoms. The second kappa shape index (κ2) is 10.1. The molecule has 1 saturated heterocycles. The van der Waals surface area contributed by atoms with Crippen molar-refractivity contribution in [1.82, 2.24) is 9.80 Å². The summed E-state index contributed by atoms with van der Waals surface area (Å²) >= 11 is 0. The molecule has 0 aromatic heterocycles. The van der Waals surface area contributed by atoms with Gasteiger partial charge in [-0.15, -0.1) is 0 Å². The van der Waals surface area contributed by atoms with E-state index in [1.165, 1.54) is 5.56 Å². The van der Waals surface area contributed by atoms with Gasteiger partial charge in [0.1, 0.15) is 0 Å². The van der Waals surface area contributed by atoms with E-state index < -0.39 is 0 Å². The lowest BCUT2D eigenvalue weighted by Crippen LogP contribution is -2.49. The SMILES string of the molecule is CN(C(=O)c1cccc(NC(=O)N2CCN(Cc3ccccc3)CC2)c1)c1ccccc1. The topological polar surface area (TPSA) is 55.9 Å². The number of nitrogens with zero attached hydrogens (tertiary/aromatic N) is 3. The Kier molecular flexibility index (Phi) is 6.82. The highest BCUT2D eigenvalue weighted by Crippen LogP contribution is 2.18. The van der Waals surface area contributed by atoms with Crippen molar-refractivity contribution < 1.29 is 9.59 Å². The smallest absolute Gasteiger partial charge is 0.321 e. The lowest BCUT2D eigenvalue weighted by Gasteiger charge is -2.34. The van der Waals surface area contributed by atoms with Crippen LogP contribution in [0.5, 0.6) is 0 Å². The average Bonchev–Trinajstić information content (AvgIpc) is 2.85. The molecule has 164 valence electrons. The van der Waals surface area contributed by atoms with Gasteiger partial charge in [-0.1, -0.05) is 54.6 Å². The number of carbonyl (C=O) groups excluding carboxylic acids is 2. The lowest BCUT2D eigenvalue weighted by molar-refractivity contribution is 0.0993. The van der Waals surface area contributed by atoms with Crippen LogP contribution in [0.15, 0.2) is 84.9 Å². The summed E-state index contributed by atoms with van der Waals surface area (Å²) in [4.78, 5) is 31.4. The molecule has 0 radical (unpaired) electrons. The highest BCUT2D eigenvalue weighted by molar-refractivity contribution is 6.06. The Bertz CT molecular complexity index is 1050. The van der Waals surface area contributed by atoms with E-state index in [-0.39, 0.29) is 11.9 Å². The van der Waals surface area contributed by atoms with Crippen LogP contribution in [-0.2, 0) is 6.54 Å². The van der Waals surface area contributed by atoms with Gasteiger partial charge < -0.3 is 15.1 Å². The third kappa shape index (κ3) is 5.34. The van der Waals surface area contributed by atoms with Gasteiger partial charge in [0.05, 0.1) is 0 Å². The minimum atomic E-state index is -0.134. The van der Waals surface area contributed by atoms with Gasteiger partial charge in [-0.2, -0.15) is 0 Å². The fraction of sp³-hybridized carbons (Fsp3) is 0.231. The quantitative estimate of drug-likeness (QED) is 0.659. The summed E-state index contributed by atoms with van der Waals surface area (Å²) in [6, 6.07) is 26.8. The molecule has 32 heavy (non-hydrogen) atoms. The molecule has 4 rings (SSSR count). The standard InChI is InChI=1S/C26H28N4O2/c1-28(24-13-6-3-7-14-24)25(31)22-11-8-12-23(19-22)27-26(32)30-17-15-29(16-18-30)20-21-9-4-2-5-10-21/h2-14,19H,15-18,20H2,1H3,(H,27,32). The van der Waals surface area contributed by atoms with Crippen LogP contribution in [0.2, 0.25) is 0 Å². The number of para-hydroxylation sites is 1. The first-order valence-corrected chi connectivity index (χ1v) is 10.9. The molecule has 1 N–H and O–H groups in total.